The van der Waals surface area contributed by atoms with Crippen molar-refractivity contribution in [3.63, 3.8) is 0 Å². The Kier molecular flexibility index (Phi) is 3.15. The number of aliphatic hydroxyl groups excluding tert-OH is 1. The Hall–Kier alpha value is -1.47. The fraction of sp³-hybridized carbons (Fsp3) is 0.571. The summed E-state index contributed by atoms with van der Waals surface area (Å²) in [5.41, 5.74) is 5.27. The molecule has 7 heteroatoms. The second-order valence-electron chi connectivity index (χ2n) is 2.89. The summed E-state index contributed by atoms with van der Waals surface area (Å²) in [7, 11) is 1.54. The molecule has 0 unspecified atom stereocenters. The number of aryl methyl sites for hydroxylation is 1. The zero-order valence-electron chi connectivity index (χ0n) is 7.75. The van der Waals surface area contributed by atoms with Crippen LogP contribution in [0, 0.1) is 10.1 Å². The van der Waals surface area contributed by atoms with Gasteiger partial charge in [0.25, 0.3) is 0 Å². The van der Waals surface area contributed by atoms with Gasteiger partial charge in [-0.25, -0.2) is 0 Å². The minimum absolute atomic E-state index is 0.173. The molecule has 1 aromatic rings. The van der Waals surface area contributed by atoms with Crippen molar-refractivity contribution in [2.45, 2.75) is 12.5 Å². The molecule has 1 aromatic heterocycles. The number of nitro groups is 1. The summed E-state index contributed by atoms with van der Waals surface area (Å²) in [5.74, 6) is 0. The molecule has 0 radical (unpaired) electrons. The monoisotopic (exact) mass is 200 g/mol. The Bertz CT molecular complexity index is 336. The van der Waals surface area contributed by atoms with E-state index in [2.05, 4.69) is 5.10 Å². The van der Waals surface area contributed by atoms with E-state index in [0.717, 1.165) is 6.20 Å². The van der Waals surface area contributed by atoms with Crippen molar-refractivity contribution in [1.29, 1.82) is 0 Å². The van der Waals surface area contributed by atoms with Crippen LogP contribution in [-0.2, 0) is 7.05 Å². The van der Waals surface area contributed by atoms with Gasteiger partial charge >= 0.3 is 5.69 Å². The molecule has 7 nitrogen and oxygen atoms in total. The SMILES string of the molecule is Cn1ncc([N+](=O)[O-])c1[C@H](O)CCN. The normalized spacial score (nSPS) is 12.8. The lowest BCUT2D eigenvalue weighted by molar-refractivity contribution is -0.386. The van der Waals surface area contributed by atoms with Gasteiger partial charge in [-0.3, -0.25) is 14.8 Å². The van der Waals surface area contributed by atoms with Crippen molar-refractivity contribution in [3.05, 3.63) is 22.0 Å². The van der Waals surface area contributed by atoms with Crippen molar-refractivity contribution in [2.75, 3.05) is 6.54 Å². The van der Waals surface area contributed by atoms with E-state index < -0.39 is 11.0 Å². The second kappa shape index (κ2) is 4.16. The first-order valence-electron chi connectivity index (χ1n) is 4.12. The highest BCUT2D eigenvalue weighted by molar-refractivity contribution is 5.34. The van der Waals surface area contributed by atoms with E-state index in [1.54, 1.807) is 7.05 Å². The van der Waals surface area contributed by atoms with Gasteiger partial charge in [0.15, 0.2) is 0 Å². The molecular weight excluding hydrogens is 188 g/mol. The highest BCUT2D eigenvalue weighted by Gasteiger charge is 2.24. The standard InChI is InChI=1S/C7H12N4O3/c1-10-7(6(12)2-3-8)5(4-9-10)11(13)14/h4,6,12H,2-3,8H2,1H3/t6-/m1/s1. The average Bonchev–Trinajstić information content (AvgIpc) is 2.47. The highest BCUT2D eigenvalue weighted by Crippen LogP contribution is 2.25. The van der Waals surface area contributed by atoms with E-state index in [4.69, 9.17) is 5.73 Å². The number of aromatic nitrogens is 2. The maximum atomic E-state index is 10.6. The summed E-state index contributed by atoms with van der Waals surface area (Å²) in [5, 5.41) is 23.8. The van der Waals surface area contributed by atoms with E-state index in [-0.39, 0.29) is 24.3 Å². The molecule has 78 valence electrons. The molecule has 3 N–H and O–H groups in total. The third-order valence-electron chi connectivity index (χ3n) is 1.92. The van der Waals surface area contributed by atoms with Crippen molar-refractivity contribution in [2.24, 2.45) is 12.8 Å². The van der Waals surface area contributed by atoms with Gasteiger partial charge in [0, 0.05) is 7.05 Å². The molecule has 0 aliphatic carbocycles. The summed E-state index contributed by atoms with van der Waals surface area (Å²) >= 11 is 0. The number of aliphatic hydroxyl groups is 1. The smallest absolute Gasteiger partial charge is 0.312 e. The van der Waals surface area contributed by atoms with E-state index in [0.29, 0.717) is 0 Å². The Morgan fingerprint density at radius 2 is 2.50 bits per heavy atom. The molecule has 14 heavy (non-hydrogen) atoms. The van der Waals surface area contributed by atoms with Gasteiger partial charge in [0.2, 0.25) is 0 Å². The lowest BCUT2D eigenvalue weighted by Gasteiger charge is -2.08. The zero-order valence-corrected chi connectivity index (χ0v) is 7.75. The van der Waals surface area contributed by atoms with Gasteiger partial charge in [-0.1, -0.05) is 0 Å². The minimum atomic E-state index is -0.937. The summed E-state index contributed by atoms with van der Waals surface area (Å²) in [6.45, 7) is 0.267. The lowest BCUT2D eigenvalue weighted by Crippen LogP contribution is -2.12. The molecule has 1 heterocycles. The molecule has 0 fully saturated rings. The van der Waals surface area contributed by atoms with Gasteiger partial charge < -0.3 is 10.8 Å². The van der Waals surface area contributed by atoms with Crippen LogP contribution in [0.25, 0.3) is 0 Å². The fourth-order valence-electron chi connectivity index (χ4n) is 1.26. The molecular formula is C7H12N4O3. The second-order valence-corrected chi connectivity index (χ2v) is 2.89. The highest BCUT2D eigenvalue weighted by atomic mass is 16.6. The quantitative estimate of drug-likeness (QED) is 0.513. The van der Waals surface area contributed by atoms with E-state index in [9.17, 15) is 15.2 Å². The number of nitrogens with zero attached hydrogens (tertiary/aromatic N) is 3. The molecule has 1 atom stereocenters. The fourth-order valence-corrected chi connectivity index (χ4v) is 1.26. The molecule has 0 aliphatic heterocycles. The first-order valence-corrected chi connectivity index (χ1v) is 4.12. The van der Waals surface area contributed by atoms with Crippen LogP contribution < -0.4 is 5.73 Å². The zero-order chi connectivity index (χ0) is 10.7. The number of hydrogen-bond acceptors (Lipinski definition) is 5. The number of hydrogen-bond donors (Lipinski definition) is 2. The minimum Gasteiger partial charge on any atom is -0.386 e. The first kappa shape index (κ1) is 10.6. The summed E-state index contributed by atoms with van der Waals surface area (Å²) in [6, 6.07) is 0. The molecule has 0 aromatic carbocycles. The predicted molar refractivity (Wildman–Crippen MR) is 48.5 cm³/mol. The average molecular weight is 200 g/mol. The lowest BCUT2D eigenvalue weighted by atomic mass is 10.1. The summed E-state index contributed by atoms with van der Waals surface area (Å²) < 4.78 is 1.29. The van der Waals surface area contributed by atoms with Crippen LogP contribution in [0.2, 0.25) is 0 Å². The maximum Gasteiger partial charge on any atom is 0.312 e. The third-order valence-corrected chi connectivity index (χ3v) is 1.92. The number of nitrogens with two attached hydrogens (primary N) is 1. The van der Waals surface area contributed by atoms with Crippen LogP contribution in [0.4, 0.5) is 5.69 Å². The van der Waals surface area contributed by atoms with Crippen LogP contribution >= 0.6 is 0 Å². The van der Waals surface area contributed by atoms with Crippen molar-refractivity contribution in [3.8, 4) is 0 Å². The van der Waals surface area contributed by atoms with Crippen molar-refractivity contribution in [1.82, 2.24) is 9.78 Å². The van der Waals surface area contributed by atoms with E-state index >= 15 is 0 Å². The van der Waals surface area contributed by atoms with Crippen LogP contribution in [0.3, 0.4) is 0 Å². The summed E-state index contributed by atoms with van der Waals surface area (Å²) in [6.07, 6.45) is 0.461. The Labute approximate surface area is 80.3 Å². The Morgan fingerprint density at radius 3 is 3.00 bits per heavy atom. The largest absolute Gasteiger partial charge is 0.386 e. The predicted octanol–water partition coefficient (Wildman–Crippen LogP) is -0.290. The first-order chi connectivity index (χ1) is 6.57. The van der Waals surface area contributed by atoms with E-state index in [1.807, 2.05) is 0 Å². The molecule has 1 rings (SSSR count). The number of rotatable bonds is 4. The summed E-state index contributed by atoms with van der Waals surface area (Å²) in [4.78, 5) is 9.99. The van der Waals surface area contributed by atoms with Crippen LogP contribution in [0.15, 0.2) is 6.20 Å². The van der Waals surface area contributed by atoms with E-state index in [1.165, 1.54) is 4.68 Å². The Balaban J connectivity index is 3.04. The van der Waals surface area contributed by atoms with Gasteiger partial charge in [-0.05, 0) is 13.0 Å². The molecule has 0 bridgehead atoms. The van der Waals surface area contributed by atoms with Gasteiger partial charge in [0.1, 0.15) is 18.0 Å². The van der Waals surface area contributed by atoms with Crippen molar-refractivity contribution >= 4 is 5.69 Å². The Morgan fingerprint density at radius 1 is 1.86 bits per heavy atom. The van der Waals surface area contributed by atoms with Crippen LogP contribution in [-0.4, -0.2) is 26.4 Å². The van der Waals surface area contributed by atoms with Gasteiger partial charge in [-0.2, -0.15) is 5.10 Å². The third kappa shape index (κ3) is 1.88. The molecule has 0 amide bonds. The molecule has 0 saturated carbocycles. The van der Waals surface area contributed by atoms with Gasteiger partial charge in [0.05, 0.1) is 4.92 Å². The molecule has 0 spiro atoms. The topological polar surface area (TPSA) is 107 Å². The van der Waals surface area contributed by atoms with Crippen LogP contribution in [0.5, 0.6) is 0 Å². The van der Waals surface area contributed by atoms with Crippen LogP contribution in [0.1, 0.15) is 18.2 Å². The maximum absolute atomic E-state index is 10.6. The molecule has 0 saturated heterocycles. The molecule has 0 aliphatic rings. The van der Waals surface area contributed by atoms with Gasteiger partial charge in [-0.15, -0.1) is 0 Å². The van der Waals surface area contributed by atoms with Crippen molar-refractivity contribution < 1.29 is 10.0 Å².